The Morgan fingerprint density at radius 1 is 1.78 bits per heavy atom. The lowest BCUT2D eigenvalue weighted by atomic mass is 10.1. The fourth-order valence-electron chi connectivity index (χ4n) is 0.419. The summed E-state index contributed by atoms with van der Waals surface area (Å²) >= 11 is 0. The van der Waals surface area contributed by atoms with Crippen LogP contribution in [0.1, 0.15) is 20.3 Å². The molecule has 0 saturated heterocycles. The number of aliphatic carboxylic acids is 1. The second-order valence-electron chi connectivity index (χ2n) is 1.94. The molecule has 0 spiro atoms. The molecule has 0 saturated carbocycles. The van der Waals surface area contributed by atoms with E-state index in [1.54, 1.807) is 13.0 Å². The molecule has 0 N–H and O–H groups in total. The Bertz CT molecular complexity index is 116. The molecule has 0 aliphatic carbocycles. The van der Waals surface area contributed by atoms with Crippen LogP contribution in [0.2, 0.25) is 0 Å². The highest BCUT2D eigenvalue weighted by molar-refractivity contribution is 5.69. The Morgan fingerprint density at radius 3 is 2.67 bits per heavy atom. The number of hydrogen-bond donors (Lipinski definition) is 0. The first-order chi connectivity index (χ1) is 4.18. The summed E-state index contributed by atoms with van der Waals surface area (Å²) in [4.78, 5) is 10.0. The Labute approximate surface area is 55.2 Å². The monoisotopic (exact) mass is 127 g/mol. The van der Waals surface area contributed by atoms with Gasteiger partial charge in [-0.05, 0) is 6.42 Å². The maximum absolute atomic E-state index is 10.0. The van der Waals surface area contributed by atoms with E-state index in [1.165, 1.54) is 0 Å². The molecular formula is C7H11O2-. The number of hydrogen-bond acceptors (Lipinski definition) is 2. The molecule has 0 amide bonds. The van der Waals surface area contributed by atoms with E-state index >= 15 is 0 Å². The van der Waals surface area contributed by atoms with Crippen molar-refractivity contribution in [1.82, 2.24) is 0 Å². The molecule has 0 heterocycles. The third-order valence-electron chi connectivity index (χ3n) is 1.03. The van der Waals surface area contributed by atoms with Crippen molar-refractivity contribution in [3.63, 3.8) is 0 Å². The lowest BCUT2D eigenvalue weighted by molar-refractivity contribution is -0.309. The molecular weight excluding hydrogens is 116 g/mol. The number of allylic oxidation sites excluding steroid dienone is 1. The van der Waals surface area contributed by atoms with E-state index in [-0.39, 0.29) is 0 Å². The van der Waals surface area contributed by atoms with Crippen molar-refractivity contribution in [2.24, 2.45) is 5.92 Å². The van der Waals surface area contributed by atoms with Crippen molar-refractivity contribution in [3.05, 3.63) is 12.2 Å². The minimum atomic E-state index is -1.01. The van der Waals surface area contributed by atoms with Crippen molar-refractivity contribution < 1.29 is 9.90 Å². The number of rotatable bonds is 3. The standard InChI is InChI=1S/C7H12O2/c1-3-4-5-6(2)7(8)9/h4-6H,3H2,1-2H3,(H,8,9)/p-1. The van der Waals surface area contributed by atoms with Gasteiger partial charge in [0.15, 0.2) is 0 Å². The van der Waals surface area contributed by atoms with Crippen molar-refractivity contribution in [2.45, 2.75) is 20.3 Å². The quantitative estimate of drug-likeness (QED) is 0.513. The van der Waals surface area contributed by atoms with E-state index in [2.05, 4.69) is 0 Å². The number of carboxylic acid groups (broad SMARTS) is 1. The summed E-state index contributed by atoms with van der Waals surface area (Å²) in [6.45, 7) is 3.56. The Hall–Kier alpha value is -0.790. The molecule has 52 valence electrons. The third-order valence-corrected chi connectivity index (χ3v) is 1.03. The minimum absolute atomic E-state index is 0.454. The van der Waals surface area contributed by atoms with Gasteiger partial charge in [0.1, 0.15) is 0 Å². The van der Waals surface area contributed by atoms with Gasteiger partial charge in [0.05, 0.1) is 0 Å². The van der Waals surface area contributed by atoms with E-state index in [9.17, 15) is 9.90 Å². The summed E-state index contributed by atoms with van der Waals surface area (Å²) in [7, 11) is 0. The highest BCUT2D eigenvalue weighted by Crippen LogP contribution is 1.94. The molecule has 1 atom stereocenters. The predicted octanol–water partition coefficient (Wildman–Crippen LogP) is 0.339. The van der Waals surface area contributed by atoms with Crippen LogP contribution in [-0.4, -0.2) is 5.97 Å². The van der Waals surface area contributed by atoms with Gasteiger partial charge in [-0.3, -0.25) is 0 Å². The van der Waals surface area contributed by atoms with E-state index in [0.717, 1.165) is 6.42 Å². The molecule has 0 radical (unpaired) electrons. The summed E-state index contributed by atoms with van der Waals surface area (Å²) in [5.74, 6) is -1.47. The predicted molar refractivity (Wildman–Crippen MR) is 33.6 cm³/mol. The average Bonchev–Trinajstić information content (AvgIpc) is 1.82. The molecule has 0 aromatic carbocycles. The number of carbonyl (C=O) groups excluding carboxylic acids is 1. The van der Waals surface area contributed by atoms with Crippen molar-refractivity contribution in [2.75, 3.05) is 0 Å². The van der Waals surface area contributed by atoms with Gasteiger partial charge >= 0.3 is 0 Å². The summed E-state index contributed by atoms with van der Waals surface area (Å²) in [5, 5.41) is 10.0. The fourth-order valence-corrected chi connectivity index (χ4v) is 0.419. The van der Waals surface area contributed by atoms with Crippen LogP contribution in [0.3, 0.4) is 0 Å². The van der Waals surface area contributed by atoms with E-state index < -0.39 is 11.9 Å². The molecule has 0 aromatic heterocycles. The fraction of sp³-hybridized carbons (Fsp3) is 0.571. The molecule has 9 heavy (non-hydrogen) atoms. The Morgan fingerprint density at radius 2 is 2.33 bits per heavy atom. The number of carboxylic acids is 1. The Balaban J connectivity index is 3.62. The first-order valence-corrected chi connectivity index (χ1v) is 3.06. The smallest absolute Gasteiger partial charge is 0.0480 e. The normalized spacial score (nSPS) is 14.0. The zero-order valence-electron chi connectivity index (χ0n) is 5.76. The van der Waals surface area contributed by atoms with Crippen LogP contribution in [0.25, 0.3) is 0 Å². The molecule has 0 rings (SSSR count). The SMILES string of the molecule is CCC=CC(C)C(=O)[O-]. The van der Waals surface area contributed by atoms with Gasteiger partial charge in [-0.15, -0.1) is 0 Å². The molecule has 0 fully saturated rings. The topological polar surface area (TPSA) is 40.1 Å². The van der Waals surface area contributed by atoms with Gasteiger partial charge in [0.25, 0.3) is 0 Å². The second kappa shape index (κ2) is 4.13. The molecule has 0 aromatic rings. The highest BCUT2D eigenvalue weighted by atomic mass is 16.4. The van der Waals surface area contributed by atoms with Crippen LogP contribution in [-0.2, 0) is 4.79 Å². The summed E-state index contributed by atoms with van der Waals surface area (Å²) in [6.07, 6.45) is 4.33. The van der Waals surface area contributed by atoms with E-state index in [4.69, 9.17) is 0 Å². The molecule has 1 unspecified atom stereocenters. The molecule has 2 heteroatoms. The van der Waals surface area contributed by atoms with Crippen LogP contribution < -0.4 is 5.11 Å². The van der Waals surface area contributed by atoms with Crippen LogP contribution in [0, 0.1) is 5.92 Å². The molecule has 0 aliphatic rings. The van der Waals surface area contributed by atoms with Crippen LogP contribution in [0.15, 0.2) is 12.2 Å². The maximum atomic E-state index is 10.0. The Kier molecular flexibility index (Phi) is 3.76. The maximum Gasteiger partial charge on any atom is 0.0480 e. The van der Waals surface area contributed by atoms with Crippen molar-refractivity contribution in [3.8, 4) is 0 Å². The molecule has 0 bridgehead atoms. The zero-order chi connectivity index (χ0) is 7.28. The van der Waals surface area contributed by atoms with Gasteiger partial charge in [0, 0.05) is 11.9 Å². The lowest BCUT2D eigenvalue weighted by Gasteiger charge is -2.04. The van der Waals surface area contributed by atoms with E-state index in [1.807, 2.05) is 13.0 Å². The van der Waals surface area contributed by atoms with Crippen LogP contribution >= 0.6 is 0 Å². The lowest BCUT2D eigenvalue weighted by Crippen LogP contribution is -2.28. The van der Waals surface area contributed by atoms with Crippen LogP contribution in [0.5, 0.6) is 0 Å². The first-order valence-electron chi connectivity index (χ1n) is 3.06. The third kappa shape index (κ3) is 3.76. The molecule has 2 nitrogen and oxygen atoms in total. The molecule has 0 aliphatic heterocycles. The van der Waals surface area contributed by atoms with Crippen molar-refractivity contribution >= 4 is 5.97 Å². The first kappa shape index (κ1) is 8.21. The van der Waals surface area contributed by atoms with Gasteiger partial charge in [0.2, 0.25) is 0 Å². The van der Waals surface area contributed by atoms with Gasteiger partial charge in [-0.1, -0.05) is 26.0 Å². The zero-order valence-corrected chi connectivity index (χ0v) is 5.76. The van der Waals surface area contributed by atoms with E-state index in [0.29, 0.717) is 0 Å². The van der Waals surface area contributed by atoms with Gasteiger partial charge in [-0.25, -0.2) is 0 Å². The highest BCUT2D eigenvalue weighted by Gasteiger charge is 1.93. The second-order valence-corrected chi connectivity index (χ2v) is 1.94. The van der Waals surface area contributed by atoms with Crippen molar-refractivity contribution in [1.29, 1.82) is 0 Å². The van der Waals surface area contributed by atoms with Gasteiger partial charge < -0.3 is 9.90 Å². The summed E-state index contributed by atoms with van der Waals surface area (Å²) in [5.41, 5.74) is 0. The largest absolute Gasteiger partial charge is 0.550 e. The minimum Gasteiger partial charge on any atom is -0.550 e. The summed E-state index contributed by atoms with van der Waals surface area (Å²) in [6, 6.07) is 0. The van der Waals surface area contributed by atoms with Crippen LogP contribution in [0.4, 0.5) is 0 Å². The van der Waals surface area contributed by atoms with Gasteiger partial charge in [-0.2, -0.15) is 0 Å². The summed E-state index contributed by atoms with van der Waals surface area (Å²) < 4.78 is 0. The number of carbonyl (C=O) groups is 1. The average molecular weight is 127 g/mol.